The summed E-state index contributed by atoms with van der Waals surface area (Å²) < 4.78 is 65.4. The molecule has 0 saturated carbocycles. The molecule has 0 aliphatic carbocycles. The Bertz CT molecular complexity index is 433. The number of rotatable bonds is 5. The number of hydrogen-bond donors (Lipinski definition) is 1. The molecular formula is C12H15F5N2. The fraction of sp³-hybridized carbons (Fsp3) is 0.500. The lowest BCUT2D eigenvalue weighted by Crippen LogP contribution is -2.35. The molecule has 1 rings (SSSR count). The molecule has 0 aliphatic rings. The van der Waals surface area contributed by atoms with Gasteiger partial charge in [-0.2, -0.15) is 0 Å². The van der Waals surface area contributed by atoms with Crippen LogP contribution in [0.4, 0.5) is 22.0 Å². The topological polar surface area (TPSA) is 15.3 Å². The van der Waals surface area contributed by atoms with Gasteiger partial charge in [0.25, 0.3) is 0 Å². The van der Waals surface area contributed by atoms with Gasteiger partial charge in [0.15, 0.2) is 23.3 Å². The highest BCUT2D eigenvalue weighted by Gasteiger charge is 2.25. The van der Waals surface area contributed by atoms with E-state index < -0.39 is 41.2 Å². The van der Waals surface area contributed by atoms with E-state index in [9.17, 15) is 22.0 Å². The first-order chi connectivity index (χ1) is 8.75. The van der Waals surface area contributed by atoms with Gasteiger partial charge in [-0.15, -0.1) is 0 Å². The van der Waals surface area contributed by atoms with Crippen LogP contribution in [-0.2, 0) is 6.54 Å². The zero-order chi connectivity index (χ0) is 14.7. The van der Waals surface area contributed by atoms with Crippen LogP contribution in [0, 0.1) is 29.1 Å². The SMILES string of the molecule is CC(CN(C)C)NCc1c(F)c(F)c(F)c(F)c1F. The minimum atomic E-state index is -2.14. The van der Waals surface area contributed by atoms with E-state index in [2.05, 4.69) is 5.32 Å². The first kappa shape index (κ1) is 15.8. The summed E-state index contributed by atoms with van der Waals surface area (Å²) in [7, 11) is 3.60. The van der Waals surface area contributed by atoms with Crippen LogP contribution in [0.15, 0.2) is 0 Å². The summed E-state index contributed by atoms with van der Waals surface area (Å²) in [6, 6.07) is -0.162. The molecule has 108 valence electrons. The van der Waals surface area contributed by atoms with E-state index in [0.717, 1.165) is 0 Å². The van der Waals surface area contributed by atoms with E-state index in [4.69, 9.17) is 0 Å². The highest BCUT2D eigenvalue weighted by atomic mass is 19.2. The van der Waals surface area contributed by atoms with Crippen LogP contribution >= 0.6 is 0 Å². The minimum absolute atomic E-state index is 0.162. The Morgan fingerprint density at radius 3 is 1.74 bits per heavy atom. The molecule has 2 nitrogen and oxygen atoms in total. The predicted octanol–water partition coefficient (Wildman–Crippen LogP) is 2.42. The maximum Gasteiger partial charge on any atom is 0.200 e. The largest absolute Gasteiger partial charge is 0.309 e. The summed E-state index contributed by atoms with van der Waals surface area (Å²) in [5, 5.41) is 2.71. The number of likely N-dealkylation sites (N-methyl/N-ethyl adjacent to an activating group) is 1. The Morgan fingerprint density at radius 2 is 1.32 bits per heavy atom. The van der Waals surface area contributed by atoms with Crippen LogP contribution in [0.1, 0.15) is 12.5 Å². The molecule has 0 spiro atoms. The Kier molecular flexibility index (Phi) is 5.25. The van der Waals surface area contributed by atoms with Gasteiger partial charge in [0.2, 0.25) is 5.82 Å². The van der Waals surface area contributed by atoms with Crippen molar-refractivity contribution in [1.29, 1.82) is 0 Å². The summed E-state index contributed by atoms with van der Waals surface area (Å²) >= 11 is 0. The molecule has 1 aromatic rings. The van der Waals surface area contributed by atoms with Crippen LogP contribution in [0.5, 0.6) is 0 Å². The lowest BCUT2D eigenvalue weighted by Gasteiger charge is -2.19. The fourth-order valence-electron chi connectivity index (χ4n) is 1.69. The van der Waals surface area contributed by atoms with Gasteiger partial charge < -0.3 is 10.2 Å². The van der Waals surface area contributed by atoms with Gasteiger partial charge in [0, 0.05) is 24.7 Å². The molecule has 0 saturated heterocycles. The van der Waals surface area contributed by atoms with Crippen LogP contribution < -0.4 is 5.32 Å². The average molecular weight is 282 g/mol. The first-order valence-electron chi connectivity index (χ1n) is 5.64. The van der Waals surface area contributed by atoms with Crippen LogP contribution in [-0.4, -0.2) is 31.6 Å². The Hall–Kier alpha value is -1.21. The molecule has 0 aromatic heterocycles. The summed E-state index contributed by atoms with van der Waals surface area (Å²) in [4.78, 5) is 1.83. The lowest BCUT2D eigenvalue weighted by atomic mass is 10.1. The third kappa shape index (κ3) is 3.63. The normalized spacial score (nSPS) is 13.1. The molecule has 1 N–H and O–H groups in total. The minimum Gasteiger partial charge on any atom is -0.309 e. The number of halogens is 5. The third-order valence-corrected chi connectivity index (χ3v) is 2.57. The van der Waals surface area contributed by atoms with Crippen LogP contribution in [0.2, 0.25) is 0 Å². The van der Waals surface area contributed by atoms with Crippen molar-refractivity contribution in [1.82, 2.24) is 10.2 Å². The summed E-state index contributed by atoms with van der Waals surface area (Å²) in [6.07, 6.45) is 0. The Balaban J connectivity index is 2.90. The van der Waals surface area contributed by atoms with Crippen molar-refractivity contribution in [3.05, 3.63) is 34.6 Å². The van der Waals surface area contributed by atoms with Gasteiger partial charge in [-0.05, 0) is 21.0 Å². The molecule has 0 heterocycles. The second-order valence-electron chi connectivity index (χ2n) is 4.59. The van der Waals surface area contributed by atoms with Crippen molar-refractivity contribution in [3.63, 3.8) is 0 Å². The predicted molar refractivity (Wildman–Crippen MR) is 61.1 cm³/mol. The molecule has 0 bridgehead atoms. The van der Waals surface area contributed by atoms with Gasteiger partial charge in [0.1, 0.15) is 0 Å². The number of hydrogen-bond acceptors (Lipinski definition) is 2. The quantitative estimate of drug-likeness (QED) is 0.507. The summed E-state index contributed by atoms with van der Waals surface area (Å²) in [5.41, 5.74) is -0.845. The van der Waals surface area contributed by atoms with Gasteiger partial charge in [-0.1, -0.05) is 0 Å². The molecule has 0 fully saturated rings. The van der Waals surface area contributed by atoms with Gasteiger partial charge in [-0.25, -0.2) is 22.0 Å². The van der Waals surface area contributed by atoms with Crippen molar-refractivity contribution in [3.8, 4) is 0 Å². The Labute approximate surface area is 108 Å². The molecule has 0 amide bonds. The lowest BCUT2D eigenvalue weighted by molar-refractivity contribution is 0.338. The molecule has 19 heavy (non-hydrogen) atoms. The van der Waals surface area contributed by atoms with Crippen molar-refractivity contribution in [2.75, 3.05) is 20.6 Å². The van der Waals surface area contributed by atoms with E-state index in [1.807, 2.05) is 4.90 Å². The van der Waals surface area contributed by atoms with Crippen LogP contribution in [0.25, 0.3) is 0 Å². The highest BCUT2D eigenvalue weighted by molar-refractivity contribution is 5.24. The zero-order valence-electron chi connectivity index (χ0n) is 10.8. The smallest absolute Gasteiger partial charge is 0.200 e. The summed E-state index contributed by atoms with van der Waals surface area (Å²) in [6.45, 7) is 1.88. The van der Waals surface area contributed by atoms with Crippen molar-refractivity contribution >= 4 is 0 Å². The van der Waals surface area contributed by atoms with Crippen molar-refractivity contribution < 1.29 is 22.0 Å². The molecule has 0 aliphatic heterocycles. The summed E-state index contributed by atoms with van der Waals surface area (Å²) in [5.74, 6) is -9.56. The van der Waals surface area contributed by atoms with Crippen molar-refractivity contribution in [2.24, 2.45) is 0 Å². The molecule has 1 unspecified atom stereocenters. The van der Waals surface area contributed by atoms with Gasteiger partial charge in [0.05, 0.1) is 0 Å². The maximum absolute atomic E-state index is 13.3. The Morgan fingerprint density at radius 1 is 0.895 bits per heavy atom. The molecular weight excluding hydrogens is 267 g/mol. The second kappa shape index (κ2) is 6.29. The molecule has 7 heteroatoms. The van der Waals surface area contributed by atoms with Gasteiger partial charge >= 0.3 is 0 Å². The second-order valence-corrected chi connectivity index (χ2v) is 4.59. The monoisotopic (exact) mass is 282 g/mol. The number of nitrogens with one attached hydrogen (secondary N) is 1. The van der Waals surface area contributed by atoms with E-state index in [0.29, 0.717) is 6.54 Å². The van der Waals surface area contributed by atoms with E-state index in [-0.39, 0.29) is 6.04 Å². The fourth-order valence-corrected chi connectivity index (χ4v) is 1.69. The average Bonchev–Trinajstić information content (AvgIpc) is 2.33. The van der Waals surface area contributed by atoms with Crippen molar-refractivity contribution in [2.45, 2.75) is 19.5 Å². The zero-order valence-corrected chi connectivity index (χ0v) is 10.8. The standard InChI is InChI=1S/C12H15F5N2/c1-6(5-19(2)3)18-4-7-8(13)10(15)12(17)11(16)9(7)14/h6,18H,4-5H2,1-3H3. The number of nitrogens with zero attached hydrogens (tertiary/aromatic N) is 1. The molecule has 1 atom stereocenters. The van der Waals surface area contributed by atoms with Gasteiger partial charge in [-0.3, -0.25) is 0 Å². The third-order valence-electron chi connectivity index (χ3n) is 2.57. The van der Waals surface area contributed by atoms with E-state index in [1.54, 1.807) is 21.0 Å². The maximum atomic E-state index is 13.3. The molecule has 1 aromatic carbocycles. The molecule has 0 radical (unpaired) electrons. The van der Waals surface area contributed by atoms with E-state index in [1.165, 1.54) is 0 Å². The highest BCUT2D eigenvalue weighted by Crippen LogP contribution is 2.22. The first-order valence-corrected chi connectivity index (χ1v) is 5.64. The van der Waals surface area contributed by atoms with Crippen LogP contribution in [0.3, 0.4) is 0 Å². The van der Waals surface area contributed by atoms with E-state index >= 15 is 0 Å². The number of benzene rings is 1.